The first-order valence-corrected chi connectivity index (χ1v) is 10.6. The van der Waals surface area contributed by atoms with Gasteiger partial charge in [0.25, 0.3) is 0 Å². The van der Waals surface area contributed by atoms with Crippen molar-refractivity contribution < 1.29 is 22.7 Å². The van der Waals surface area contributed by atoms with Crippen molar-refractivity contribution in [1.29, 1.82) is 0 Å². The monoisotopic (exact) mass is 412 g/mol. The zero-order valence-electron chi connectivity index (χ0n) is 16.0. The maximum Gasteiger partial charge on any atom is 0.337 e. The van der Waals surface area contributed by atoms with E-state index in [9.17, 15) is 18.0 Å². The molecule has 8 heteroatoms. The highest BCUT2D eigenvalue weighted by atomic mass is 32.2. The van der Waals surface area contributed by atoms with Crippen LogP contribution in [0.1, 0.15) is 10.4 Å². The van der Waals surface area contributed by atoms with Gasteiger partial charge in [-0.25, -0.2) is 13.2 Å². The summed E-state index contributed by atoms with van der Waals surface area (Å²) in [5.41, 5.74) is 1.06. The Hall–Kier alpha value is -3.39. The standard InChI is InChI=1S/C21H20N2O5S/c1-28-21(25)16-9-5-10-17(13-16)22-20(24)14-23(29(2,26)27)19-12-6-8-15-7-3-4-11-18(15)19/h3-13H,14H2,1-2H3,(H,22,24). The zero-order chi connectivity index (χ0) is 21.0. The summed E-state index contributed by atoms with van der Waals surface area (Å²) in [6, 6.07) is 18.8. The lowest BCUT2D eigenvalue weighted by Gasteiger charge is -2.23. The summed E-state index contributed by atoms with van der Waals surface area (Å²) in [7, 11) is -2.46. The molecule has 29 heavy (non-hydrogen) atoms. The van der Waals surface area contributed by atoms with Crippen LogP contribution in [0.15, 0.2) is 66.7 Å². The number of benzene rings is 3. The van der Waals surface area contributed by atoms with Crippen molar-refractivity contribution in [3.8, 4) is 0 Å². The number of sulfonamides is 1. The second kappa shape index (κ2) is 8.32. The van der Waals surface area contributed by atoms with E-state index in [0.29, 0.717) is 11.4 Å². The van der Waals surface area contributed by atoms with Gasteiger partial charge in [-0.15, -0.1) is 0 Å². The van der Waals surface area contributed by atoms with Gasteiger partial charge in [-0.1, -0.05) is 42.5 Å². The summed E-state index contributed by atoms with van der Waals surface area (Å²) in [5, 5.41) is 4.22. The molecule has 0 saturated heterocycles. The topological polar surface area (TPSA) is 92.8 Å². The molecule has 0 bridgehead atoms. The average molecular weight is 412 g/mol. The van der Waals surface area contributed by atoms with Gasteiger partial charge in [-0.2, -0.15) is 0 Å². The second-order valence-corrected chi connectivity index (χ2v) is 8.30. The summed E-state index contributed by atoms with van der Waals surface area (Å²) in [6.45, 7) is -0.407. The van der Waals surface area contributed by atoms with Gasteiger partial charge in [0, 0.05) is 11.1 Å². The van der Waals surface area contributed by atoms with Crippen molar-refractivity contribution >= 4 is 44.0 Å². The fourth-order valence-corrected chi connectivity index (χ4v) is 3.85. The summed E-state index contributed by atoms with van der Waals surface area (Å²) in [6.07, 6.45) is 1.06. The first-order chi connectivity index (χ1) is 13.8. The first-order valence-electron chi connectivity index (χ1n) is 8.73. The maximum absolute atomic E-state index is 12.6. The molecule has 150 valence electrons. The van der Waals surface area contributed by atoms with Gasteiger partial charge in [0.1, 0.15) is 6.54 Å². The normalized spacial score (nSPS) is 11.1. The van der Waals surface area contributed by atoms with Crippen LogP contribution in [-0.4, -0.2) is 40.2 Å². The van der Waals surface area contributed by atoms with E-state index in [1.54, 1.807) is 36.4 Å². The fourth-order valence-electron chi connectivity index (χ4n) is 2.98. The molecular weight excluding hydrogens is 392 g/mol. The highest BCUT2D eigenvalue weighted by Crippen LogP contribution is 2.28. The van der Waals surface area contributed by atoms with E-state index < -0.39 is 28.4 Å². The van der Waals surface area contributed by atoms with E-state index in [0.717, 1.165) is 21.3 Å². The Morgan fingerprint density at radius 3 is 2.41 bits per heavy atom. The molecule has 0 aliphatic heterocycles. The molecule has 1 amide bonds. The number of esters is 1. The van der Waals surface area contributed by atoms with Gasteiger partial charge in [0.2, 0.25) is 15.9 Å². The number of rotatable bonds is 6. The number of hydrogen-bond donors (Lipinski definition) is 1. The minimum atomic E-state index is -3.72. The van der Waals surface area contributed by atoms with E-state index in [1.165, 1.54) is 13.2 Å². The minimum Gasteiger partial charge on any atom is -0.465 e. The number of fused-ring (bicyclic) bond motifs is 1. The molecule has 0 saturated carbocycles. The Kier molecular flexibility index (Phi) is 5.84. The van der Waals surface area contributed by atoms with Gasteiger partial charge >= 0.3 is 5.97 Å². The molecule has 0 heterocycles. The van der Waals surface area contributed by atoms with E-state index >= 15 is 0 Å². The van der Waals surface area contributed by atoms with Crippen LogP contribution < -0.4 is 9.62 Å². The third kappa shape index (κ3) is 4.72. The average Bonchev–Trinajstić information content (AvgIpc) is 2.70. The van der Waals surface area contributed by atoms with Gasteiger partial charge in [0.05, 0.1) is 24.6 Å². The number of hydrogen-bond acceptors (Lipinski definition) is 5. The van der Waals surface area contributed by atoms with Crippen molar-refractivity contribution in [2.24, 2.45) is 0 Å². The molecule has 0 aliphatic carbocycles. The molecule has 1 N–H and O–H groups in total. The van der Waals surface area contributed by atoms with Crippen molar-refractivity contribution in [3.63, 3.8) is 0 Å². The third-order valence-electron chi connectivity index (χ3n) is 4.29. The van der Waals surface area contributed by atoms with Crippen LogP contribution in [-0.2, 0) is 19.6 Å². The van der Waals surface area contributed by atoms with Crippen LogP contribution in [0.5, 0.6) is 0 Å². The molecule has 0 aliphatic rings. The molecule has 0 aromatic heterocycles. The smallest absolute Gasteiger partial charge is 0.337 e. The number of carbonyl (C=O) groups excluding carboxylic acids is 2. The quantitative estimate of drug-likeness (QED) is 0.628. The lowest BCUT2D eigenvalue weighted by Crippen LogP contribution is -2.37. The predicted octanol–water partition coefficient (Wildman–Crippen LogP) is 3.03. The predicted molar refractivity (Wildman–Crippen MR) is 113 cm³/mol. The Balaban J connectivity index is 1.88. The third-order valence-corrected chi connectivity index (χ3v) is 5.42. The van der Waals surface area contributed by atoms with Crippen LogP contribution in [0.3, 0.4) is 0 Å². The Labute approximate surface area is 169 Å². The Morgan fingerprint density at radius 1 is 1.00 bits per heavy atom. The Bertz CT molecular complexity index is 1170. The van der Waals surface area contributed by atoms with Crippen molar-refractivity contribution in [2.75, 3.05) is 29.5 Å². The van der Waals surface area contributed by atoms with Gasteiger partial charge in [0.15, 0.2) is 0 Å². The number of nitrogens with one attached hydrogen (secondary N) is 1. The second-order valence-electron chi connectivity index (χ2n) is 6.39. The van der Waals surface area contributed by atoms with E-state index in [1.807, 2.05) is 24.3 Å². The largest absolute Gasteiger partial charge is 0.465 e. The van der Waals surface area contributed by atoms with Gasteiger partial charge in [-0.3, -0.25) is 9.10 Å². The van der Waals surface area contributed by atoms with Gasteiger partial charge < -0.3 is 10.1 Å². The number of carbonyl (C=O) groups is 2. The molecule has 7 nitrogen and oxygen atoms in total. The number of nitrogens with zero attached hydrogens (tertiary/aromatic N) is 1. The van der Waals surface area contributed by atoms with E-state index in [2.05, 4.69) is 10.1 Å². The molecular formula is C21H20N2O5S. The van der Waals surface area contributed by atoms with Crippen molar-refractivity contribution in [1.82, 2.24) is 0 Å². The minimum absolute atomic E-state index is 0.277. The number of amides is 1. The number of ether oxygens (including phenoxy) is 1. The molecule has 0 spiro atoms. The molecule has 0 radical (unpaired) electrons. The number of anilines is 2. The Morgan fingerprint density at radius 2 is 1.69 bits per heavy atom. The summed E-state index contributed by atoms with van der Waals surface area (Å²) < 4.78 is 30.6. The highest BCUT2D eigenvalue weighted by molar-refractivity contribution is 7.92. The van der Waals surface area contributed by atoms with Crippen LogP contribution in [0.4, 0.5) is 11.4 Å². The summed E-state index contributed by atoms with van der Waals surface area (Å²) in [5.74, 6) is -1.07. The lowest BCUT2D eigenvalue weighted by atomic mass is 10.1. The maximum atomic E-state index is 12.6. The van der Waals surface area contributed by atoms with Crippen LogP contribution in [0, 0.1) is 0 Å². The number of methoxy groups -OCH3 is 1. The summed E-state index contributed by atoms with van der Waals surface area (Å²) in [4.78, 5) is 24.2. The summed E-state index contributed by atoms with van der Waals surface area (Å²) >= 11 is 0. The SMILES string of the molecule is COC(=O)c1cccc(NC(=O)CN(c2cccc3ccccc23)S(C)(=O)=O)c1. The van der Waals surface area contributed by atoms with Crippen molar-refractivity contribution in [2.45, 2.75) is 0 Å². The lowest BCUT2D eigenvalue weighted by molar-refractivity contribution is -0.114. The van der Waals surface area contributed by atoms with Crippen LogP contribution >= 0.6 is 0 Å². The van der Waals surface area contributed by atoms with Crippen LogP contribution in [0.25, 0.3) is 10.8 Å². The van der Waals surface area contributed by atoms with E-state index in [4.69, 9.17) is 0 Å². The van der Waals surface area contributed by atoms with E-state index in [-0.39, 0.29) is 5.56 Å². The molecule has 0 atom stereocenters. The highest BCUT2D eigenvalue weighted by Gasteiger charge is 2.22. The zero-order valence-corrected chi connectivity index (χ0v) is 16.8. The van der Waals surface area contributed by atoms with Crippen molar-refractivity contribution in [3.05, 3.63) is 72.3 Å². The first kappa shape index (κ1) is 20.3. The molecule has 0 unspecified atom stereocenters. The fraction of sp³-hybridized carbons (Fsp3) is 0.143. The van der Waals surface area contributed by atoms with Crippen LogP contribution in [0.2, 0.25) is 0 Å². The molecule has 3 rings (SSSR count). The van der Waals surface area contributed by atoms with Gasteiger partial charge in [-0.05, 0) is 29.7 Å². The molecule has 3 aromatic carbocycles. The molecule has 3 aromatic rings. The molecule has 0 fully saturated rings.